The molecule has 1 amide bonds. The van der Waals surface area contributed by atoms with E-state index in [-0.39, 0.29) is 29.0 Å². The first-order valence-electron chi connectivity index (χ1n) is 6.89. The highest BCUT2D eigenvalue weighted by atomic mass is 16.6. The number of nitrogens with one attached hydrogen (secondary N) is 1. The van der Waals surface area contributed by atoms with Gasteiger partial charge in [-0.2, -0.15) is 0 Å². The summed E-state index contributed by atoms with van der Waals surface area (Å²) in [5, 5.41) is 23.0. The molecule has 1 saturated carbocycles. The molecule has 7 nitrogen and oxygen atoms in total. The van der Waals surface area contributed by atoms with Crippen LogP contribution in [0.4, 0.5) is 5.69 Å². The lowest BCUT2D eigenvalue weighted by molar-refractivity contribution is -0.385. The normalized spacial score (nSPS) is 20.5. The van der Waals surface area contributed by atoms with Crippen LogP contribution in [0.15, 0.2) is 18.2 Å². The predicted octanol–water partition coefficient (Wildman–Crippen LogP) is 1.49. The summed E-state index contributed by atoms with van der Waals surface area (Å²) in [6, 6.07) is 4.31. The zero-order valence-corrected chi connectivity index (χ0v) is 11.7. The molecule has 2 rings (SSSR count). The fraction of sp³-hybridized carbons (Fsp3) is 0.500. The van der Waals surface area contributed by atoms with Crippen LogP contribution in [-0.4, -0.2) is 35.2 Å². The Morgan fingerprint density at radius 3 is 2.81 bits per heavy atom. The lowest BCUT2D eigenvalue weighted by atomic mass is 9.82. The minimum Gasteiger partial charge on any atom is -0.493 e. The summed E-state index contributed by atoms with van der Waals surface area (Å²) in [4.78, 5) is 22.7. The van der Waals surface area contributed by atoms with Crippen LogP contribution in [0, 0.1) is 16.0 Å². The second-order valence-electron chi connectivity index (χ2n) is 5.04. The van der Waals surface area contributed by atoms with Crippen LogP contribution in [0.2, 0.25) is 0 Å². The number of carbonyl (C=O) groups excluding carboxylic acids is 1. The monoisotopic (exact) mass is 294 g/mol. The van der Waals surface area contributed by atoms with Crippen molar-refractivity contribution in [2.24, 2.45) is 5.92 Å². The van der Waals surface area contributed by atoms with Crippen molar-refractivity contribution in [1.29, 1.82) is 0 Å². The van der Waals surface area contributed by atoms with Crippen LogP contribution in [0.1, 0.15) is 30.1 Å². The lowest BCUT2D eigenvalue weighted by Crippen LogP contribution is -2.38. The van der Waals surface area contributed by atoms with Crippen molar-refractivity contribution in [3.63, 3.8) is 0 Å². The van der Waals surface area contributed by atoms with E-state index < -0.39 is 10.8 Å². The van der Waals surface area contributed by atoms with Crippen molar-refractivity contribution in [2.45, 2.75) is 25.9 Å². The molecule has 0 unspecified atom stereocenters. The highest BCUT2D eigenvalue weighted by Gasteiger charge is 2.29. The average molecular weight is 294 g/mol. The van der Waals surface area contributed by atoms with Crippen LogP contribution < -0.4 is 10.1 Å². The minimum absolute atomic E-state index is 0.0516. The van der Waals surface area contributed by atoms with Gasteiger partial charge in [0.1, 0.15) is 5.75 Å². The van der Waals surface area contributed by atoms with E-state index in [0.29, 0.717) is 26.0 Å². The molecule has 2 N–H and O–H groups in total. The van der Waals surface area contributed by atoms with E-state index in [1.54, 1.807) is 13.0 Å². The van der Waals surface area contributed by atoms with Crippen LogP contribution in [0.25, 0.3) is 0 Å². The molecule has 114 valence electrons. The molecule has 0 heterocycles. The number of ether oxygens (including phenoxy) is 1. The molecule has 0 aromatic heterocycles. The second kappa shape index (κ2) is 6.53. The Balaban J connectivity index is 2.15. The SMILES string of the molecule is CCOc1cccc([N+](=O)[O-])c1C(=O)NCC1CC(O)C1. The first-order valence-corrected chi connectivity index (χ1v) is 6.89. The van der Waals surface area contributed by atoms with Gasteiger partial charge >= 0.3 is 0 Å². The van der Waals surface area contributed by atoms with E-state index in [9.17, 15) is 20.0 Å². The number of rotatable bonds is 6. The Bertz CT molecular complexity index is 540. The topological polar surface area (TPSA) is 102 Å². The summed E-state index contributed by atoms with van der Waals surface area (Å²) in [7, 11) is 0. The largest absolute Gasteiger partial charge is 0.493 e. The van der Waals surface area contributed by atoms with Crippen molar-refractivity contribution in [3.8, 4) is 5.75 Å². The number of nitro benzene ring substituents is 1. The van der Waals surface area contributed by atoms with E-state index in [2.05, 4.69) is 5.32 Å². The minimum atomic E-state index is -0.593. The van der Waals surface area contributed by atoms with Crippen LogP contribution in [-0.2, 0) is 0 Å². The molecule has 21 heavy (non-hydrogen) atoms. The molecule has 0 saturated heterocycles. The predicted molar refractivity (Wildman–Crippen MR) is 75.3 cm³/mol. The number of benzene rings is 1. The van der Waals surface area contributed by atoms with Crippen LogP contribution in [0.3, 0.4) is 0 Å². The van der Waals surface area contributed by atoms with Crippen molar-refractivity contribution in [2.75, 3.05) is 13.2 Å². The number of nitrogens with zero attached hydrogens (tertiary/aromatic N) is 1. The third-order valence-electron chi connectivity index (χ3n) is 3.49. The van der Waals surface area contributed by atoms with Gasteiger partial charge in [-0.3, -0.25) is 14.9 Å². The van der Waals surface area contributed by atoms with Crippen molar-refractivity contribution >= 4 is 11.6 Å². The van der Waals surface area contributed by atoms with Crippen LogP contribution >= 0.6 is 0 Å². The van der Waals surface area contributed by atoms with Crippen molar-refractivity contribution < 1.29 is 19.6 Å². The maximum Gasteiger partial charge on any atom is 0.285 e. The fourth-order valence-corrected chi connectivity index (χ4v) is 2.37. The standard InChI is InChI=1S/C14H18N2O5/c1-2-21-12-5-3-4-11(16(19)20)13(12)14(18)15-8-9-6-10(17)7-9/h3-5,9-10,17H,2,6-8H2,1H3,(H,15,18). The van der Waals surface area contributed by atoms with E-state index in [1.165, 1.54) is 12.1 Å². The fourth-order valence-electron chi connectivity index (χ4n) is 2.37. The van der Waals surface area contributed by atoms with Gasteiger partial charge < -0.3 is 15.2 Å². The molecule has 1 aliphatic carbocycles. The number of nitro groups is 1. The van der Waals surface area contributed by atoms with Gasteiger partial charge in [0.15, 0.2) is 5.56 Å². The van der Waals surface area contributed by atoms with E-state index in [4.69, 9.17) is 4.74 Å². The Hall–Kier alpha value is -2.15. The summed E-state index contributed by atoms with van der Waals surface area (Å²) in [6.07, 6.45) is 1.00. The zero-order valence-electron chi connectivity index (χ0n) is 11.7. The van der Waals surface area contributed by atoms with Gasteiger partial charge in [-0.15, -0.1) is 0 Å². The molecule has 7 heteroatoms. The molecule has 1 fully saturated rings. The number of amides is 1. The first-order chi connectivity index (χ1) is 10.0. The molecule has 0 spiro atoms. The Morgan fingerprint density at radius 1 is 1.52 bits per heavy atom. The molecule has 0 atom stereocenters. The van der Waals surface area contributed by atoms with Gasteiger partial charge in [-0.1, -0.05) is 6.07 Å². The highest BCUT2D eigenvalue weighted by Crippen LogP contribution is 2.29. The molecule has 0 aliphatic heterocycles. The summed E-state index contributed by atoms with van der Waals surface area (Å²) < 4.78 is 5.31. The van der Waals surface area contributed by atoms with Gasteiger partial charge in [0, 0.05) is 12.6 Å². The molecule has 1 aromatic carbocycles. The summed E-state index contributed by atoms with van der Waals surface area (Å²) in [6.45, 7) is 2.46. The van der Waals surface area contributed by atoms with E-state index in [1.807, 2.05) is 0 Å². The molecule has 0 radical (unpaired) electrons. The summed E-state index contributed by atoms with van der Waals surface area (Å²) in [5.74, 6) is -0.0905. The first kappa shape index (κ1) is 15.2. The van der Waals surface area contributed by atoms with Gasteiger partial charge in [-0.05, 0) is 31.7 Å². The van der Waals surface area contributed by atoms with Gasteiger partial charge in [-0.25, -0.2) is 0 Å². The summed E-state index contributed by atoms with van der Waals surface area (Å²) >= 11 is 0. The second-order valence-corrected chi connectivity index (χ2v) is 5.04. The quantitative estimate of drug-likeness (QED) is 0.611. The Morgan fingerprint density at radius 2 is 2.24 bits per heavy atom. The van der Waals surface area contributed by atoms with Crippen LogP contribution in [0.5, 0.6) is 5.75 Å². The number of carbonyl (C=O) groups is 1. The smallest absolute Gasteiger partial charge is 0.285 e. The number of aliphatic hydroxyl groups excluding tert-OH is 1. The van der Waals surface area contributed by atoms with Gasteiger partial charge in [0.05, 0.1) is 17.6 Å². The molecule has 1 aromatic rings. The zero-order chi connectivity index (χ0) is 15.4. The molecule has 1 aliphatic rings. The van der Waals surface area contributed by atoms with Gasteiger partial charge in [0.25, 0.3) is 11.6 Å². The number of hydrogen-bond donors (Lipinski definition) is 2. The molecular formula is C14H18N2O5. The maximum absolute atomic E-state index is 12.2. The van der Waals surface area contributed by atoms with Gasteiger partial charge in [0.2, 0.25) is 0 Å². The maximum atomic E-state index is 12.2. The molecule has 0 bridgehead atoms. The Labute approximate surface area is 122 Å². The lowest BCUT2D eigenvalue weighted by Gasteiger charge is -2.31. The average Bonchev–Trinajstić information content (AvgIpc) is 2.42. The third-order valence-corrected chi connectivity index (χ3v) is 3.49. The van der Waals surface area contributed by atoms with E-state index >= 15 is 0 Å². The van der Waals surface area contributed by atoms with Crippen molar-refractivity contribution in [3.05, 3.63) is 33.9 Å². The third kappa shape index (κ3) is 3.49. The molecular weight excluding hydrogens is 276 g/mol. The summed E-state index contributed by atoms with van der Waals surface area (Å²) in [5.41, 5.74) is -0.323. The Kier molecular flexibility index (Phi) is 4.74. The highest BCUT2D eigenvalue weighted by molar-refractivity contribution is 6.00. The van der Waals surface area contributed by atoms with E-state index in [0.717, 1.165) is 0 Å². The van der Waals surface area contributed by atoms with Crippen molar-refractivity contribution in [1.82, 2.24) is 5.32 Å². The number of hydrogen-bond acceptors (Lipinski definition) is 5. The number of aliphatic hydroxyl groups is 1.